The summed E-state index contributed by atoms with van der Waals surface area (Å²) in [6.07, 6.45) is 0.353. The third-order valence-electron chi connectivity index (χ3n) is 4.14. The molecule has 2 N–H and O–H groups in total. The van der Waals surface area contributed by atoms with Crippen LogP contribution in [0.3, 0.4) is 0 Å². The number of benzene rings is 2. The number of carbonyl (C=O) groups excluding carboxylic acids is 3. The van der Waals surface area contributed by atoms with Crippen LogP contribution in [0, 0.1) is 0 Å². The second kappa shape index (κ2) is 9.50. The van der Waals surface area contributed by atoms with Crippen LogP contribution in [-0.4, -0.2) is 41.6 Å². The van der Waals surface area contributed by atoms with Gasteiger partial charge in [0.2, 0.25) is 11.8 Å². The first-order chi connectivity index (χ1) is 14.0. The van der Waals surface area contributed by atoms with Crippen molar-refractivity contribution in [2.75, 3.05) is 23.8 Å². The molecular weight excluding hydrogens is 372 g/mol. The molecule has 8 heteroatoms. The zero-order valence-corrected chi connectivity index (χ0v) is 16.1. The third-order valence-corrected chi connectivity index (χ3v) is 4.14. The topological polar surface area (TPSA) is 100 Å². The van der Waals surface area contributed by atoms with Crippen LogP contribution in [0.25, 0.3) is 0 Å². The van der Waals surface area contributed by atoms with Crippen LogP contribution in [0.4, 0.5) is 11.4 Å². The van der Waals surface area contributed by atoms with Gasteiger partial charge in [-0.1, -0.05) is 18.2 Å². The molecule has 1 aliphatic rings. The van der Waals surface area contributed by atoms with E-state index in [1.165, 1.54) is 0 Å². The van der Waals surface area contributed by atoms with Gasteiger partial charge in [0, 0.05) is 24.2 Å². The molecule has 0 saturated carbocycles. The summed E-state index contributed by atoms with van der Waals surface area (Å²) in [4.78, 5) is 36.8. The minimum Gasteiger partial charge on any atom is -0.494 e. The lowest BCUT2D eigenvalue weighted by molar-refractivity contribution is -0.135. The maximum absolute atomic E-state index is 12.4. The van der Waals surface area contributed by atoms with Gasteiger partial charge in [-0.3, -0.25) is 14.4 Å². The van der Waals surface area contributed by atoms with E-state index >= 15 is 0 Å². The summed E-state index contributed by atoms with van der Waals surface area (Å²) in [5, 5.41) is 10.6. The van der Waals surface area contributed by atoms with Crippen molar-refractivity contribution in [2.45, 2.75) is 19.8 Å². The Bertz CT molecular complexity index is 910. The molecule has 0 radical (unpaired) electrons. The van der Waals surface area contributed by atoms with Crippen LogP contribution in [0.15, 0.2) is 59.7 Å². The van der Waals surface area contributed by atoms with Gasteiger partial charge in [-0.05, 0) is 43.3 Å². The maximum atomic E-state index is 12.4. The van der Waals surface area contributed by atoms with Gasteiger partial charge in [0.05, 0.1) is 6.61 Å². The molecule has 150 valence electrons. The van der Waals surface area contributed by atoms with Gasteiger partial charge in [0.25, 0.3) is 5.91 Å². The first-order valence-electron chi connectivity index (χ1n) is 9.32. The van der Waals surface area contributed by atoms with Gasteiger partial charge in [-0.25, -0.2) is 5.01 Å². The fourth-order valence-corrected chi connectivity index (χ4v) is 2.75. The monoisotopic (exact) mass is 394 g/mol. The normalized spacial score (nSPS) is 13.5. The number of carbonyl (C=O) groups is 3. The molecule has 1 aliphatic heterocycles. The van der Waals surface area contributed by atoms with E-state index in [4.69, 9.17) is 4.74 Å². The highest BCUT2D eigenvalue weighted by Crippen LogP contribution is 2.16. The molecule has 1 heterocycles. The van der Waals surface area contributed by atoms with Gasteiger partial charge >= 0.3 is 0 Å². The summed E-state index contributed by atoms with van der Waals surface area (Å²) < 4.78 is 5.36. The second-order valence-corrected chi connectivity index (χ2v) is 6.32. The number of nitrogens with zero attached hydrogens (tertiary/aromatic N) is 2. The van der Waals surface area contributed by atoms with Crippen LogP contribution < -0.4 is 15.4 Å². The van der Waals surface area contributed by atoms with E-state index in [2.05, 4.69) is 15.7 Å². The van der Waals surface area contributed by atoms with Gasteiger partial charge < -0.3 is 15.4 Å². The van der Waals surface area contributed by atoms with E-state index in [0.717, 1.165) is 5.01 Å². The summed E-state index contributed by atoms with van der Waals surface area (Å²) >= 11 is 0. The molecule has 3 amide bonds. The molecule has 0 atom stereocenters. The Morgan fingerprint density at radius 3 is 2.38 bits per heavy atom. The summed E-state index contributed by atoms with van der Waals surface area (Å²) in [5.74, 6) is -0.393. The molecule has 2 aromatic carbocycles. The molecule has 2 aromatic rings. The number of hydrazone groups is 1. The second-order valence-electron chi connectivity index (χ2n) is 6.32. The number of amides is 3. The van der Waals surface area contributed by atoms with Crippen LogP contribution in [0.1, 0.15) is 19.8 Å². The highest BCUT2D eigenvalue weighted by molar-refractivity contribution is 6.43. The molecule has 0 saturated heterocycles. The summed E-state index contributed by atoms with van der Waals surface area (Å²) in [6.45, 7) is 2.18. The zero-order chi connectivity index (χ0) is 20.6. The largest absolute Gasteiger partial charge is 0.494 e. The lowest BCUT2D eigenvalue weighted by atomic mass is 10.1. The summed E-state index contributed by atoms with van der Waals surface area (Å²) in [7, 11) is 0. The number of hydrogen-bond acceptors (Lipinski definition) is 5. The Balaban J connectivity index is 1.60. The SMILES string of the molecule is CCOc1ccc(NC(=O)CN2N=C(C(=O)Nc3ccccc3)CCC2=O)cc1. The highest BCUT2D eigenvalue weighted by Gasteiger charge is 2.26. The minimum absolute atomic E-state index is 0.122. The molecule has 8 nitrogen and oxygen atoms in total. The van der Waals surface area contributed by atoms with Crippen LogP contribution >= 0.6 is 0 Å². The van der Waals surface area contributed by atoms with E-state index in [0.29, 0.717) is 23.7 Å². The lowest BCUT2D eigenvalue weighted by Gasteiger charge is -2.22. The molecule has 0 unspecified atom stereocenters. The maximum Gasteiger partial charge on any atom is 0.271 e. The first kappa shape index (κ1) is 20.1. The smallest absolute Gasteiger partial charge is 0.271 e. The van der Waals surface area contributed by atoms with E-state index in [1.807, 2.05) is 13.0 Å². The minimum atomic E-state index is -0.407. The van der Waals surface area contributed by atoms with Gasteiger partial charge in [-0.15, -0.1) is 0 Å². The molecule has 0 bridgehead atoms. The Morgan fingerprint density at radius 1 is 1.00 bits per heavy atom. The first-order valence-corrected chi connectivity index (χ1v) is 9.32. The van der Waals surface area contributed by atoms with Gasteiger partial charge in [-0.2, -0.15) is 5.10 Å². The number of para-hydroxylation sites is 1. The molecule has 29 heavy (non-hydrogen) atoms. The standard InChI is InChI=1S/C21H22N4O4/c1-2-29-17-10-8-16(9-11-17)22-19(26)14-25-20(27)13-12-18(24-25)21(28)23-15-6-4-3-5-7-15/h3-11H,2,12-14H2,1H3,(H,22,26)(H,23,28). The van der Waals surface area contributed by atoms with Crippen molar-refractivity contribution in [3.8, 4) is 5.75 Å². The average molecular weight is 394 g/mol. The molecule has 0 spiro atoms. The van der Waals surface area contributed by atoms with E-state index in [1.54, 1.807) is 48.5 Å². The van der Waals surface area contributed by atoms with Gasteiger partial charge in [0.1, 0.15) is 18.0 Å². The third kappa shape index (κ3) is 5.65. The fourth-order valence-electron chi connectivity index (χ4n) is 2.75. The van der Waals surface area contributed by atoms with Gasteiger partial charge in [0.15, 0.2) is 0 Å². The van der Waals surface area contributed by atoms with Crippen LogP contribution in [-0.2, 0) is 14.4 Å². The van der Waals surface area contributed by atoms with E-state index in [9.17, 15) is 14.4 Å². The highest BCUT2D eigenvalue weighted by atomic mass is 16.5. The Hall–Kier alpha value is -3.68. The van der Waals surface area contributed by atoms with E-state index < -0.39 is 5.91 Å². The van der Waals surface area contributed by atoms with Crippen LogP contribution in [0.2, 0.25) is 0 Å². The number of hydrogen-bond donors (Lipinski definition) is 2. The predicted molar refractivity (Wildman–Crippen MR) is 110 cm³/mol. The molecule has 3 rings (SSSR count). The van der Waals surface area contributed by atoms with Crippen molar-refractivity contribution in [3.05, 3.63) is 54.6 Å². The number of nitrogens with one attached hydrogen (secondary N) is 2. The number of ether oxygens (including phenoxy) is 1. The van der Waals surface area contributed by atoms with Crippen molar-refractivity contribution in [1.82, 2.24) is 5.01 Å². The molecular formula is C21H22N4O4. The van der Waals surface area contributed by atoms with Crippen molar-refractivity contribution < 1.29 is 19.1 Å². The molecule has 0 aliphatic carbocycles. The molecule has 0 aromatic heterocycles. The van der Waals surface area contributed by atoms with E-state index in [-0.39, 0.29) is 36.9 Å². The fraction of sp³-hybridized carbons (Fsp3) is 0.238. The number of rotatable bonds is 7. The van der Waals surface area contributed by atoms with Crippen molar-refractivity contribution in [2.24, 2.45) is 5.10 Å². The summed E-state index contributed by atoms with van der Waals surface area (Å²) in [6, 6.07) is 15.9. The Labute approximate surface area is 168 Å². The Morgan fingerprint density at radius 2 is 1.69 bits per heavy atom. The van der Waals surface area contributed by atoms with Crippen molar-refractivity contribution >= 4 is 34.8 Å². The molecule has 0 fully saturated rings. The quantitative estimate of drug-likeness (QED) is 0.754. The number of anilines is 2. The van der Waals surface area contributed by atoms with Crippen molar-refractivity contribution in [3.63, 3.8) is 0 Å². The average Bonchev–Trinajstić information content (AvgIpc) is 2.72. The van der Waals surface area contributed by atoms with Crippen molar-refractivity contribution in [1.29, 1.82) is 0 Å². The lowest BCUT2D eigenvalue weighted by Crippen LogP contribution is -2.40. The Kier molecular flexibility index (Phi) is 6.57. The summed E-state index contributed by atoms with van der Waals surface area (Å²) in [5.41, 5.74) is 1.42. The van der Waals surface area contributed by atoms with Crippen LogP contribution in [0.5, 0.6) is 5.75 Å². The zero-order valence-electron chi connectivity index (χ0n) is 16.1. The predicted octanol–water partition coefficient (Wildman–Crippen LogP) is 2.64.